The second kappa shape index (κ2) is 8.19. The van der Waals surface area contributed by atoms with Gasteiger partial charge in [-0.1, -0.05) is 54.8 Å². The van der Waals surface area contributed by atoms with Gasteiger partial charge in [0.05, 0.1) is 15.4 Å². The maximum atomic E-state index is 13.6. The van der Waals surface area contributed by atoms with Crippen LogP contribution in [0.25, 0.3) is 0 Å². The van der Waals surface area contributed by atoms with Crippen molar-refractivity contribution in [3.05, 3.63) is 71.8 Å². The molecule has 5 nitrogen and oxygen atoms in total. The summed E-state index contributed by atoms with van der Waals surface area (Å²) in [5.41, 5.74) is 0.408. The summed E-state index contributed by atoms with van der Waals surface area (Å²) in [6, 6.07) is 15.4. The molecule has 0 saturated heterocycles. The Balaban J connectivity index is 1.83. The first kappa shape index (κ1) is 22.2. The minimum atomic E-state index is -4.22. The van der Waals surface area contributed by atoms with E-state index in [0.717, 1.165) is 24.8 Å². The van der Waals surface area contributed by atoms with E-state index in [0.29, 0.717) is 18.4 Å². The fourth-order valence-electron chi connectivity index (χ4n) is 5.19. The highest BCUT2D eigenvalue weighted by Gasteiger charge is 2.50. The van der Waals surface area contributed by atoms with Gasteiger partial charge < -0.3 is 5.11 Å². The number of aliphatic hydroxyl groups is 1. The maximum Gasteiger partial charge on any atom is 0.196 e. The molecule has 2 aromatic carbocycles. The molecule has 2 aliphatic carbocycles. The van der Waals surface area contributed by atoms with Crippen LogP contribution in [-0.2, 0) is 19.7 Å². The molecule has 1 saturated carbocycles. The molecule has 166 valence electrons. The van der Waals surface area contributed by atoms with E-state index in [9.17, 15) is 21.9 Å². The maximum absolute atomic E-state index is 13.6. The number of allylic oxidation sites excluding steroid dienone is 1. The lowest BCUT2D eigenvalue weighted by Gasteiger charge is -2.38. The van der Waals surface area contributed by atoms with Crippen molar-refractivity contribution in [1.29, 1.82) is 0 Å². The van der Waals surface area contributed by atoms with E-state index in [2.05, 4.69) is 0 Å². The van der Waals surface area contributed by atoms with Gasteiger partial charge in [0.15, 0.2) is 24.3 Å². The van der Waals surface area contributed by atoms with Gasteiger partial charge >= 0.3 is 0 Å². The Morgan fingerprint density at radius 3 is 1.94 bits per heavy atom. The van der Waals surface area contributed by atoms with E-state index in [-0.39, 0.29) is 22.1 Å². The van der Waals surface area contributed by atoms with Crippen LogP contribution in [0.1, 0.15) is 45.4 Å². The molecule has 0 aromatic heterocycles. The van der Waals surface area contributed by atoms with E-state index < -0.39 is 29.9 Å². The number of sulfone groups is 2. The molecule has 31 heavy (non-hydrogen) atoms. The Morgan fingerprint density at radius 1 is 0.903 bits per heavy atom. The van der Waals surface area contributed by atoms with Gasteiger partial charge in [0.25, 0.3) is 0 Å². The van der Waals surface area contributed by atoms with Gasteiger partial charge in [0.2, 0.25) is 0 Å². The Morgan fingerprint density at radius 2 is 1.42 bits per heavy atom. The van der Waals surface area contributed by atoms with Gasteiger partial charge in [-0.15, -0.1) is 0 Å². The minimum Gasteiger partial charge on any atom is -0.385 e. The zero-order valence-corrected chi connectivity index (χ0v) is 19.2. The van der Waals surface area contributed by atoms with Gasteiger partial charge in [-0.05, 0) is 61.9 Å². The van der Waals surface area contributed by atoms with Crippen LogP contribution in [-0.4, -0.2) is 32.1 Å². The monoisotopic (exact) mass is 460 g/mol. The van der Waals surface area contributed by atoms with Crippen molar-refractivity contribution >= 4 is 19.7 Å². The Kier molecular flexibility index (Phi) is 5.87. The molecule has 0 aliphatic heterocycles. The number of hydrogen-bond acceptors (Lipinski definition) is 5. The predicted octanol–water partition coefficient (Wildman–Crippen LogP) is 4.29. The van der Waals surface area contributed by atoms with Gasteiger partial charge in [-0.2, -0.15) is 0 Å². The summed E-state index contributed by atoms with van der Waals surface area (Å²) in [6.07, 6.45) is 3.78. The molecule has 0 amide bonds. The van der Waals surface area contributed by atoms with Gasteiger partial charge in [0, 0.05) is 6.42 Å². The third-order valence-electron chi connectivity index (χ3n) is 6.83. The second-order valence-electron chi connectivity index (χ2n) is 8.68. The average molecular weight is 461 g/mol. The number of benzene rings is 2. The molecule has 1 fully saturated rings. The molecule has 0 spiro atoms. The van der Waals surface area contributed by atoms with Crippen molar-refractivity contribution in [2.75, 3.05) is 0 Å². The summed E-state index contributed by atoms with van der Waals surface area (Å²) < 4.78 is 52.8. The van der Waals surface area contributed by atoms with Crippen LogP contribution in [0.5, 0.6) is 0 Å². The third-order valence-corrected chi connectivity index (χ3v) is 11.9. The molecule has 0 bridgehead atoms. The molecule has 0 radical (unpaired) electrons. The van der Waals surface area contributed by atoms with Crippen molar-refractivity contribution in [1.82, 2.24) is 0 Å². The van der Waals surface area contributed by atoms with Crippen LogP contribution in [0.15, 0.2) is 81.6 Å². The molecule has 2 aliphatic rings. The molecular formula is C24H28O5S2. The Hall–Kier alpha value is -1.96. The summed E-state index contributed by atoms with van der Waals surface area (Å²) in [5, 5.41) is 11.5. The average Bonchev–Trinajstić information content (AvgIpc) is 3.02. The number of hydrogen-bond donors (Lipinski definition) is 1. The van der Waals surface area contributed by atoms with Crippen LogP contribution in [0.2, 0.25) is 0 Å². The third kappa shape index (κ3) is 3.88. The smallest absolute Gasteiger partial charge is 0.196 e. The second-order valence-corrected chi connectivity index (χ2v) is 13.2. The fourth-order valence-corrected chi connectivity index (χ4v) is 9.64. The van der Waals surface area contributed by atoms with E-state index in [4.69, 9.17) is 0 Å². The lowest BCUT2D eigenvalue weighted by molar-refractivity contribution is -0.00520. The van der Waals surface area contributed by atoms with Gasteiger partial charge in [0.1, 0.15) is 0 Å². The topological polar surface area (TPSA) is 88.5 Å². The molecular weight excluding hydrogens is 432 g/mol. The summed E-state index contributed by atoms with van der Waals surface area (Å²) in [6.45, 7) is 1.90. The SMILES string of the molecule is CC1=C(CC(S(=O)(=O)c2ccccc2)S(=O)(=O)c2ccccc2)[C@@]2(O)CCCC[C@@H]2C1. The molecule has 2 atom stereocenters. The van der Waals surface area contributed by atoms with Gasteiger partial charge in [-0.25, -0.2) is 16.8 Å². The number of rotatable bonds is 6. The first-order valence-electron chi connectivity index (χ1n) is 10.7. The summed E-state index contributed by atoms with van der Waals surface area (Å²) in [7, 11) is -8.43. The normalized spacial score (nSPS) is 24.4. The van der Waals surface area contributed by atoms with Crippen LogP contribution in [0.4, 0.5) is 0 Å². The largest absolute Gasteiger partial charge is 0.385 e. The standard InChI is InChI=1S/C24H28O5S2/c1-18-16-19-10-8-9-15-24(19,25)22(18)17-23(30(26,27)20-11-4-2-5-12-20)31(28,29)21-13-6-3-7-14-21/h2-7,11-14,19,23,25H,8-10,15-17H2,1H3/t19-,24-/m1/s1. The highest BCUT2D eigenvalue weighted by atomic mass is 32.3. The minimum absolute atomic E-state index is 0.0251. The van der Waals surface area contributed by atoms with Crippen molar-refractivity contribution in [2.45, 2.75) is 65.4 Å². The van der Waals surface area contributed by atoms with Crippen molar-refractivity contribution in [3.63, 3.8) is 0 Å². The quantitative estimate of drug-likeness (QED) is 0.650. The molecule has 0 heterocycles. The van der Waals surface area contributed by atoms with E-state index in [1.54, 1.807) is 36.4 Å². The van der Waals surface area contributed by atoms with Crippen molar-refractivity contribution in [3.8, 4) is 0 Å². The lowest BCUT2D eigenvalue weighted by Crippen LogP contribution is -2.41. The zero-order valence-electron chi connectivity index (χ0n) is 17.6. The highest BCUT2D eigenvalue weighted by Crippen LogP contribution is 2.51. The molecule has 7 heteroatoms. The van der Waals surface area contributed by atoms with Gasteiger partial charge in [-0.3, -0.25) is 0 Å². The van der Waals surface area contributed by atoms with Crippen molar-refractivity contribution in [2.24, 2.45) is 5.92 Å². The summed E-state index contributed by atoms with van der Waals surface area (Å²) in [5.74, 6) is 0.0377. The first-order chi connectivity index (χ1) is 14.7. The van der Waals surface area contributed by atoms with Crippen molar-refractivity contribution < 1.29 is 21.9 Å². The fraction of sp³-hybridized carbons (Fsp3) is 0.417. The summed E-state index contributed by atoms with van der Waals surface area (Å²) >= 11 is 0. The summed E-state index contributed by atoms with van der Waals surface area (Å²) in [4.78, 5) is -0.0501. The van der Waals surface area contributed by atoms with Crippen LogP contribution in [0.3, 0.4) is 0 Å². The molecule has 4 rings (SSSR count). The predicted molar refractivity (Wildman–Crippen MR) is 120 cm³/mol. The Bertz CT molecular complexity index is 1120. The van der Waals surface area contributed by atoms with Crippen LogP contribution >= 0.6 is 0 Å². The van der Waals surface area contributed by atoms with E-state index >= 15 is 0 Å². The molecule has 0 unspecified atom stereocenters. The lowest BCUT2D eigenvalue weighted by atomic mass is 9.74. The number of fused-ring (bicyclic) bond motifs is 1. The van der Waals surface area contributed by atoms with E-state index in [1.807, 2.05) is 6.92 Å². The Labute approximate surface area is 184 Å². The zero-order chi connectivity index (χ0) is 22.3. The molecule has 1 N–H and O–H groups in total. The molecule has 2 aromatic rings. The van der Waals surface area contributed by atoms with Crippen LogP contribution < -0.4 is 0 Å². The first-order valence-corrected chi connectivity index (χ1v) is 13.8. The highest BCUT2D eigenvalue weighted by molar-refractivity contribution is 8.09. The van der Waals surface area contributed by atoms with Crippen LogP contribution in [0, 0.1) is 5.92 Å². The van der Waals surface area contributed by atoms with E-state index in [1.165, 1.54) is 24.3 Å².